The summed E-state index contributed by atoms with van der Waals surface area (Å²) in [5, 5.41) is 13.5. The molecule has 0 atom stereocenters. The molecular weight excluding hydrogens is 186 g/mol. The van der Waals surface area contributed by atoms with E-state index in [4.69, 9.17) is 0 Å². The van der Waals surface area contributed by atoms with E-state index in [1.807, 2.05) is 0 Å². The fourth-order valence-corrected chi connectivity index (χ4v) is 2.77. The predicted octanol–water partition coefficient (Wildman–Crippen LogP) is 1.36. The third-order valence-corrected chi connectivity index (χ3v) is 3.73. The van der Waals surface area contributed by atoms with E-state index in [1.54, 1.807) is 0 Å². The summed E-state index contributed by atoms with van der Waals surface area (Å²) < 4.78 is 0. The highest BCUT2D eigenvalue weighted by molar-refractivity contribution is 5.41. The van der Waals surface area contributed by atoms with Gasteiger partial charge in [-0.2, -0.15) is 0 Å². The monoisotopic (exact) mass is 203 g/mol. The van der Waals surface area contributed by atoms with Crippen molar-refractivity contribution in [2.75, 3.05) is 13.1 Å². The van der Waals surface area contributed by atoms with Crippen molar-refractivity contribution in [2.45, 2.75) is 31.3 Å². The van der Waals surface area contributed by atoms with Crippen LogP contribution in [0.1, 0.15) is 29.5 Å². The number of aliphatic hydroxyl groups is 1. The van der Waals surface area contributed by atoms with Gasteiger partial charge in [0.25, 0.3) is 0 Å². The van der Waals surface area contributed by atoms with Gasteiger partial charge in [0.15, 0.2) is 0 Å². The molecule has 15 heavy (non-hydrogen) atoms. The van der Waals surface area contributed by atoms with Crippen LogP contribution in [-0.4, -0.2) is 18.2 Å². The maximum absolute atomic E-state index is 10.4. The number of nitrogens with one attached hydrogen (secondary N) is 1. The summed E-state index contributed by atoms with van der Waals surface area (Å²) in [5.74, 6) is 0. The standard InChI is InChI=1S/C13H17NO/c15-13(8-14-9-13)12-7-3-5-10-4-1-2-6-11(10)12/h3,5,7,14-15H,1-2,4,6,8-9H2. The van der Waals surface area contributed by atoms with Crippen molar-refractivity contribution in [3.8, 4) is 0 Å². The van der Waals surface area contributed by atoms with Gasteiger partial charge in [0.2, 0.25) is 0 Å². The lowest BCUT2D eigenvalue weighted by Gasteiger charge is -2.40. The zero-order chi connectivity index (χ0) is 10.3. The third kappa shape index (κ3) is 1.40. The lowest BCUT2D eigenvalue weighted by atomic mass is 9.79. The maximum atomic E-state index is 10.4. The van der Waals surface area contributed by atoms with Crippen molar-refractivity contribution in [1.82, 2.24) is 5.32 Å². The molecule has 2 N–H and O–H groups in total. The quantitative estimate of drug-likeness (QED) is 0.722. The van der Waals surface area contributed by atoms with Gasteiger partial charge in [-0.3, -0.25) is 0 Å². The molecule has 0 spiro atoms. The van der Waals surface area contributed by atoms with Gasteiger partial charge < -0.3 is 10.4 Å². The Hall–Kier alpha value is -0.860. The zero-order valence-corrected chi connectivity index (χ0v) is 8.92. The Bertz CT molecular complexity index is 382. The summed E-state index contributed by atoms with van der Waals surface area (Å²) >= 11 is 0. The van der Waals surface area contributed by atoms with Crippen LogP contribution in [0.15, 0.2) is 18.2 Å². The number of benzene rings is 1. The number of aryl methyl sites for hydroxylation is 1. The van der Waals surface area contributed by atoms with Gasteiger partial charge in [-0.15, -0.1) is 0 Å². The molecule has 3 rings (SSSR count). The minimum atomic E-state index is -0.581. The zero-order valence-electron chi connectivity index (χ0n) is 8.92. The lowest BCUT2D eigenvalue weighted by molar-refractivity contribution is -0.0155. The minimum Gasteiger partial charge on any atom is -0.382 e. The molecule has 1 aliphatic carbocycles. The Balaban J connectivity index is 2.07. The summed E-state index contributed by atoms with van der Waals surface area (Å²) in [6.07, 6.45) is 4.90. The maximum Gasteiger partial charge on any atom is 0.115 e. The van der Waals surface area contributed by atoms with Gasteiger partial charge in [0, 0.05) is 13.1 Å². The van der Waals surface area contributed by atoms with Gasteiger partial charge in [-0.25, -0.2) is 0 Å². The molecule has 0 aromatic heterocycles. The first-order chi connectivity index (χ1) is 7.30. The number of hydrogen-bond acceptors (Lipinski definition) is 2. The van der Waals surface area contributed by atoms with Gasteiger partial charge in [-0.05, 0) is 42.4 Å². The van der Waals surface area contributed by atoms with Crippen molar-refractivity contribution in [2.24, 2.45) is 0 Å². The fourth-order valence-electron chi connectivity index (χ4n) is 2.77. The number of fused-ring (bicyclic) bond motifs is 1. The Morgan fingerprint density at radius 1 is 1.13 bits per heavy atom. The van der Waals surface area contributed by atoms with Crippen molar-refractivity contribution >= 4 is 0 Å². The summed E-state index contributed by atoms with van der Waals surface area (Å²) in [5.41, 5.74) is 3.48. The molecule has 2 nitrogen and oxygen atoms in total. The average Bonchev–Trinajstić information content (AvgIpc) is 2.25. The Labute approximate surface area is 90.3 Å². The third-order valence-electron chi connectivity index (χ3n) is 3.73. The fraction of sp³-hybridized carbons (Fsp3) is 0.538. The van der Waals surface area contributed by atoms with E-state index in [0.29, 0.717) is 13.1 Å². The van der Waals surface area contributed by atoms with Gasteiger partial charge in [0.05, 0.1) is 0 Å². The highest BCUT2D eigenvalue weighted by atomic mass is 16.3. The number of β-amino-alcohol motifs (C(OH)–C–C–N with tert-alkyl or cyclic N) is 1. The second-order valence-electron chi connectivity index (χ2n) is 4.79. The molecular formula is C13H17NO. The van der Waals surface area contributed by atoms with Gasteiger partial charge >= 0.3 is 0 Å². The first-order valence-corrected chi connectivity index (χ1v) is 5.84. The van der Waals surface area contributed by atoms with Crippen LogP contribution in [0.4, 0.5) is 0 Å². The number of rotatable bonds is 1. The SMILES string of the molecule is OC1(c2cccc3c2CCCC3)CNC1. The molecule has 1 aromatic rings. The molecule has 2 heteroatoms. The largest absolute Gasteiger partial charge is 0.382 e. The molecule has 0 amide bonds. The van der Waals surface area contributed by atoms with Crippen molar-refractivity contribution in [1.29, 1.82) is 0 Å². The summed E-state index contributed by atoms with van der Waals surface area (Å²) in [6, 6.07) is 6.41. The van der Waals surface area contributed by atoms with Crippen LogP contribution in [-0.2, 0) is 18.4 Å². The molecule has 1 heterocycles. The van der Waals surface area contributed by atoms with Crippen LogP contribution in [0.5, 0.6) is 0 Å². The van der Waals surface area contributed by atoms with E-state index in [9.17, 15) is 5.11 Å². The Morgan fingerprint density at radius 2 is 1.93 bits per heavy atom. The van der Waals surface area contributed by atoms with E-state index < -0.39 is 5.60 Å². The van der Waals surface area contributed by atoms with E-state index in [0.717, 1.165) is 6.42 Å². The average molecular weight is 203 g/mol. The van der Waals surface area contributed by atoms with Crippen LogP contribution in [0.25, 0.3) is 0 Å². The first kappa shape index (κ1) is 9.37. The molecule has 1 saturated heterocycles. The van der Waals surface area contributed by atoms with Crippen molar-refractivity contribution in [3.63, 3.8) is 0 Å². The second-order valence-corrected chi connectivity index (χ2v) is 4.79. The van der Waals surface area contributed by atoms with Crippen LogP contribution < -0.4 is 5.32 Å². The van der Waals surface area contributed by atoms with Gasteiger partial charge in [0.1, 0.15) is 5.60 Å². The molecule has 1 aromatic carbocycles. The minimum absolute atomic E-state index is 0.581. The molecule has 0 saturated carbocycles. The van der Waals surface area contributed by atoms with Crippen LogP contribution in [0.2, 0.25) is 0 Å². The predicted molar refractivity (Wildman–Crippen MR) is 59.9 cm³/mol. The molecule has 0 bridgehead atoms. The molecule has 0 unspecified atom stereocenters. The summed E-state index contributed by atoms with van der Waals surface area (Å²) in [7, 11) is 0. The van der Waals surface area contributed by atoms with E-state index in [-0.39, 0.29) is 0 Å². The van der Waals surface area contributed by atoms with E-state index in [1.165, 1.54) is 36.0 Å². The highest BCUT2D eigenvalue weighted by Gasteiger charge is 2.38. The van der Waals surface area contributed by atoms with Crippen LogP contribution >= 0.6 is 0 Å². The molecule has 1 aliphatic heterocycles. The molecule has 1 fully saturated rings. The summed E-state index contributed by atoms with van der Waals surface area (Å²) in [6.45, 7) is 1.42. The Kier molecular flexibility index (Phi) is 2.08. The highest BCUT2D eigenvalue weighted by Crippen LogP contribution is 2.33. The van der Waals surface area contributed by atoms with Crippen LogP contribution in [0.3, 0.4) is 0 Å². The van der Waals surface area contributed by atoms with Crippen molar-refractivity contribution in [3.05, 3.63) is 34.9 Å². The summed E-state index contributed by atoms with van der Waals surface area (Å²) in [4.78, 5) is 0. The molecule has 0 radical (unpaired) electrons. The Morgan fingerprint density at radius 3 is 2.67 bits per heavy atom. The van der Waals surface area contributed by atoms with Crippen LogP contribution in [0, 0.1) is 0 Å². The van der Waals surface area contributed by atoms with E-state index >= 15 is 0 Å². The number of hydrogen-bond donors (Lipinski definition) is 2. The normalized spacial score (nSPS) is 23.0. The van der Waals surface area contributed by atoms with E-state index in [2.05, 4.69) is 23.5 Å². The lowest BCUT2D eigenvalue weighted by Crippen LogP contribution is -2.57. The van der Waals surface area contributed by atoms with Gasteiger partial charge in [-0.1, -0.05) is 18.2 Å². The molecule has 2 aliphatic rings. The first-order valence-electron chi connectivity index (χ1n) is 5.84. The smallest absolute Gasteiger partial charge is 0.115 e. The van der Waals surface area contributed by atoms with Crippen molar-refractivity contribution < 1.29 is 5.11 Å². The topological polar surface area (TPSA) is 32.3 Å². The second kappa shape index (κ2) is 3.32. The molecule has 80 valence electrons.